The highest BCUT2D eigenvalue weighted by Gasteiger charge is 2.35. The molecular weight excluding hydrogens is 324 g/mol. The van der Waals surface area contributed by atoms with E-state index in [4.69, 9.17) is 16.3 Å². The van der Waals surface area contributed by atoms with Crippen LogP contribution in [-0.2, 0) is 6.18 Å². The maximum atomic E-state index is 12.6. The summed E-state index contributed by atoms with van der Waals surface area (Å²) < 4.78 is 42.7. The number of ether oxygens (including phenoxy) is 1. The van der Waals surface area contributed by atoms with E-state index in [2.05, 4.69) is 15.9 Å². The SMILES string of the molecule is COc1cc(C(=O)CBr)cc(C(F)(F)F)c1Cl. The van der Waals surface area contributed by atoms with Gasteiger partial charge in [-0.2, -0.15) is 13.2 Å². The Kier molecular flexibility index (Phi) is 4.43. The van der Waals surface area contributed by atoms with Gasteiger partial charge in [0.05, 0.1) is 23.0 Å². The summed E-state index contributed by atoms with van der Waals surface area (Å²) in [7, 11) is 1.18. The van der Waals surface area contributed by atoms with Gasteiger partial charge in [0.2, 0.25) is 0 Å². The van der Waals surface area contributed by atoms with Crippen molar-refractivity contribution in [2.45, 2.75) is 6.18 Å². The van der Waals surface area contributed by atoms with Gasteiger partial charge in [-0.1, -0.05) is 27.5 Å². The molecule has 7 heteroatoms. The first-order valence-corrected chi connectivity index (χ1v) is 5.85. The van der Waals surface area contributed by atoms with Crippen molar-refractivity contribution in [1.82, 2.24) is 0 Å². The zero-order valence-corrected chi connectivity index (χ0v) is 10.9. The smallest absolute Gasteiger partial charge is 0.418 e. The van der Waals surface area contributed by atoms with Gasteiger partial charge >= 0.3 is 6.18 Å². The van der Waals surface area contributed by atoms with Crippen LogP contribution in [0.15, 0.2) is 12.1 Å². The first kappa shape index (κ1) is 14.3. The number of Topliss-reactive ketones (excluding diaryl/α,β-unsaturated/α-hetero) is 1. The molecule has 0 aliphatic heterocycles. The van der Waals surface area contributed by atoms with Crippen LogP contribution in [-0.4, -0.2) is 18.2 Å². The van der Waals surface area contributed by atoms with Crippen LogP contribution in [0, 0.1) is 0 Å². The topological polar surface area (TPSA) is 26.3 Å². The molecule has 94 valence electrons. The van der Waals surface area contributed by atoms with Crippen molar-refractivity contribution in [2.75, 3.05) is 12.4 Å². The number of carbonyl (C=O) groups is 1. The summed E-state index contributed by atoms with van der Waals surface area (Å²) in [5.41, 5.74) is -1.18. The number of benzene rings is 1. The second kappa shape index (κ2) is 5.27. The van der Waals surface area contributed by atoms with Crippen LogP contribution < -0.4 is 4.74 Å². The Morgan fingerprint density at radius 2 is 2.06 bits per heavy atom. The fraction of sp³-hybridized carbons (Fsp3) is 0.300. The van der Waals surface area contributed by atoms with Crippen LogP contribution in [0.25, 0.3) is 0 Å². The molecule has 2 nitrogen and oxygen atoms in total. The zero-order valence-electron chi connectivity index (χ0n) is 8.57. The largest absolute Gasteiger partial charge is 0.495 e. The predicted octanol–water partition coefficient (Wildman–Crippen LogP) is 3.95. The summed E-state index contributed by atoms with van der Waals surface area (Å²) in [6.45, 7) is 0. The Balaban J connectivity index is 3.44. The highest BCUT2D eigenvalue weighted by Crippen LogP contribution is 2.40. The fourth-order valence-electron chi connectivity index (χ4n) is 1.19. The minimum Gasteiger partial charge on any atom is -0.495 e. The number of alkyl halides is 4. The fourth-order valence-corrected chi connectivity index (χ4v) is 1.81. The molecule has 0 heterocycles. The van der Waals surface area contributed by atoms with Crippen LogP contribution in [0.2, 0.25) is 5.02 Å². The number of hydrogen-bond acceptors (Lipinski definition) is 2. The molecule has 0 bridgehead atoms. The monoisotopic (exact) mass is 330 g/mol. The van der Waals surface area contributed by atoms with E-state index in [0.29, 0.717) is 6.07 Å². The van der Waals surface area contributed by atoms with E-state index < -0.39 is 22.5 Å². The van der Waals surface area contributed by atoms with E-state index in [1.807, 2.05) is 0 Å². The van der Waals surface area contributed by atoms with Crippen molar-refractivity contribution in [3.05, 3.63) is 28.3 Å². The maximum absolute atomic E-state index is 12.6. The molecular formula is C10H7BrClF3O2. The average molecular weight is 332 g/mol. The highest BCUT2D eigenvalue weighted by molar-refractivity contribution is 9.09. The molecule has 0 fully saturated rings. The lowest BCUT2D eigenvalue weighted by atomic mass is 10.1. The molecule has 1 aromatic rings. The molecule has 0 aromatic heterocycles. The third kappa shape index (κ3) is 3.13. The molecule has 0 N–H and O–H groups in total. The third-order valence-corrected chi connectivity index (χ3v) is 2.91. The van der Waals surface area contributed by atoms with Crippen molar-refractivity contribution in [3.63, 3.8) is 0 Å². The van der Waals surface area contributed by atoms with Gasteiger partial charge in [-0.05, 0) is 12.1 Å². The summed E-state index contributed by atoms with van der Waals surface area (Å²) in [4.78, 5) is 11.4. The van der Waals surface area contributed by atoms with Crippen molar-refractivity contribution >= 4 is 33.3 Å². The lowest BCUT2D eigenvalue weighted by Gasteiger charge is -2.13. The number of methoxy groups -OCH3 is 1. The molecule has 0 aliphatic rings. The normalized spacial score (nSPS) is 11.4. The molecule has 0 radical (unpaired) electrons. The Morgan fingerprint density at radius 3 is 2.47 bits per heavy atom. The first-order valence-electron chi connectivity index (χ1n) is 4.35. The van der Waals surface area contributed by atoms with Crippen molar-refractivity contribution in [2.24, 2.45) is 0 Å². The van der Waals surface area contributed by atoms with E-state index in [0.717, 1.165) is 0 Å². The van der Waals surface area contributed by atoms with Crippen molar-refractivity contribution in [1.29, 1.82) is 0 Å². The molecule has 0 saturated heterocycles. The second-order valence-electron chi connectivity index (χ2n) is 3.09. The van der Waals surface area contributed by atoms with Gasteiger partial charge < -0.3 is 4.74 Å². The van der Waals surface area contributed by atoms with E-state index >= 15 is 0 Å². The Labute approximate surface area is 109 Å². The Hall–Kier alpha value is -0.750. The van der Waals surface area contributed by atoms with Gasteiger partial charge in [0, 0.05) is 5.56 Å². The quantitative estimate of drug-likeness (QED) is 0.619. The summed E-state index contributed by atoms with van der Waals surface area (Å²) in [5, 5.41) is -0.624. The minimum atomic E-state index is -4.63. The van der Waals surface area contributed by atoms with Crippen LogP contribution in [0.5, 0.6) is 5.75 Å². The van der Waals surface area contributed by atoms with Gasteiger partial charge in [-0.15, -0.1) is 0 Å². The summed E-state index contributed by atoms with van der Waals surface area (Å²) in [6.07, 6.45) is -4.63. The molecule has 0 atom stereocenters. The van der Waals surface area contributed by atoms with Crippen molar-refractivity contribution < 1.29 is 22.7 Å². The standard InChI is InChI=1S/C10H7BrClF3O2/c1-17-8-3-5(7(16)4-11)2-6(9(8)12)10(13,14)15/h2-3H,4H2,1H3. The lowest BCUT2D eigenvalue weighted by Crippen LogP contribution is -2.10. The number of hydrogen-bond donors (Lipinski definition) is 0. The second-order valence-corrected chi connectivity index (χ2v) is 4.03. The Morgan fingerprint density at radius 1 is 1.47 bits per heavy atom. The molecule has 1 aromatic carbocycles. The van der Waals surface area contributed by atoms with Crippen LogP contribution in [0.3, 0.4) is 0 Å². The number of rotatable bonds is 3. The highest BCUT2D eigenvalue weighted by atomic mass is 79.9. The number of halogens is 5. The van der Waals surface area contributed by atoms with Gasteiger partial charge in [-0.3, -0.25) is 4.79 Å². The molecule has 0 saturated carbocycles. The summed E-state index contributed by atoms with van der Waals surface area (Å²) >= 11 is 8.43. The van der Waals surface area contributed by atoms with Gasteiger partial charge in [0.25, 0.3) is 0 Å². The molecule has 0 spiro atoms. The van der Waals surface area contributed by atoms with Crippen LogP contribution in [0.1, 0.15) is 15.9 Å². The van der Waals surface area contributed by atoms with Gasteiger partial charge in [0.15, 0.2) is 5.78 Å². The number of carbonyl (C=O) groups excluding carboxylic acids is 1. The van der Waals surface area contributed by atoms with Crippen LogP contribution in [0.4, 0.5) is 13.2 Å². The van der Waals surface area contributed by atoms with E-state index in [-0.39, 0.29) is 16.6 Å². The molecule has 17 heavy (non-hydrogen) atoms. The maximum Gasteiger partial charge on any atom is 0.418 e. The molecule has 1 rings (SSSR count). The van der Waals surface area contributed by atoms with Crippen molar-refractivity contribution in [3.8, 4) is 5.75 Å². The summed E-state index contributed by atoms with van der Waals surface area (Å²) in [6, 6.07) is 1.90. The average Bonchev–Trinajstić information content (AvgIpc) is 2.26. The van der Waals surface area contributed by atoms with E-state index in [1.54, 1.807) is 0 Å². The lowest BCUT2D eigenvalue weighted by molar-refractivity contribution is -0.137. The molecule has 0 aliphatic carbocycles. The zero-order chi connectivity index (χ0) is 13.2. The van der Waals surface area contributed by atoms with E-state index in [1.165, 1.54) is 13.2 Å². The van der Waals surface area contributed by atoms with Gasteiger partial charge in [0.1, 0.15) is 5.75 Å². The Bertz CT molecular complexity index is 446. The third-order valence-electron chi connectivity index (χ3n) is 2.01. The molecule has 0 unspecified atom stereocenters. The van der Waals surface area contributed by atoms with E-state index in [9.17, 15) is 18.0 Å². The predicted molar refractivity (Wildman–Crippen MR) is 61.1 cm³/mol. The first-order chi connectivity index (χ1) is 7.81. The summed E-state index contributed by atoms with van der Waals surface area (Å²) in [5.74, 6) is -0.656. The van der Waals surface area contributed by atoms with Crippen LogP contribution >= 0.6 is 27.5 Å². The van der Waals surface area contributed by atoms with Gasteiger partial charge in [-0.25, -0.2) is 0 Å². The number of ketones is 1. The molecule has 0 amide bonds. The minimum absolute atomic E-state index is 0.0743.